The monoisotopic (exact) mass is 413 g/mol. The fraction of sp³-hybridized carbons (Fsp3) is 0.348. The Bertz CT molecular complexity index is 907. The maximum atomic E-state index is 12.5. The lowest BCUT2D eigenvalue weighted by Crippen LogP contribution is -2.27. The second-order valence-electron chi connectivity index (χ2n) is 6.78. The van der Waals surface area contributed by atoms with E-state index in [1.165, 1.54) is 0 Å². The zero-order valence-corrected chi connectivity index (χ0v) is 17.8. The van der Waals surface area contributed by atoms with Crippen LogP contribution in [-0.4, -0.2) is 58.9 Å². The molecule has 0 radical (unpaired) electrons. The van der Waals surface area contributed by atoms with Crippen molar-refractivity contribution in [1.29, 1.82) is 0 Å². The van der Waals surface area contributed by atoms with E-state index < -0.39 is 0 Å². The summed E-state index contributed by atoms with van der Waals surface area (Å²) < 4.78 is 27.2. The summed E-state index contributed by atoms with van der Waals surface area (Å²) in [5.74, 6) is 3.07. The van der Waals surface area contributed by atoms with Crippen LogP contribution in [0.4, 0.5) is 0 Å². The number of carbonyl (C=O) groups excluding carboxylic acids is 1. The Morgan fingerprint density at radius 2 is 1.73 bits per heavy atom. The van der Waals surface area contributed by atoms with E-state index in [2.05, 4.69) is 0 Å². The first-order chi connectivity index (χ1) is 14.5. The molecule has 0 bridgehead atoms. The number of nitrogens with zero attached hydrogens (tertiary/aromatic N) is 1. The van der Waals surface area contributed by atoms with Gasteiger partial charge in [0.2, 0.25) is 11.7 Å². The largest absolute Gasteiger partial charge is 0.493 e. The maximum absolute atomic E-state index is 12.5. The second-order valence-corrected chi connectivity index (χ2v) is 6.78. The average molecular weight is 413 g/mol. The minimum absolute atomic E-state index is 0.0932. The zero-order chi connectivity index (χ0) is 21.5. The number of hydrogen-bond donors (Lipinski definition) is 0. The summed E-state index contributed by atoms with van der Waals surface area (Å²) >= 11 is 0. The molecule has 30 heavy (non-hydrogen) atoms. The van der Waals surface area contributed by atoms with E-state index in [4.69, 9.17) is 23.7 Å². The highest BCUT2D eigenvalue weighted by Crippen LogP contribution is 2.40. The van der Waals surface area contributed by atoms with Gasteiger partial charge in [-0.3, -0.25) is 4.79 Å². The summed E-state index contributed by atoms with van der Waals surface area (Å²) in [4.78, 5) is 14.2. The van der Waals surface area contributed by atoms with Crippen LogP contribution in [0.5, 0.6) is 28.7 Å². The maximum Gasteiger partial charge on any atom is 0.246 e. The van der Waals surface area contributed by atoms with E-state index in [1.54, 1.807) is 45.4 Å². The van der Waals surface area contributed by atoms with Gasteiger partial charge in [-0.25, -0.2) is 0 Å². The lowest BCUT2D eigenvalue weighted by atomic mass is 10.1. The van der Waals surface area contributed by atoms with Gasteiger partial charge in [0.1, 0.15) is 13.2 Å². The number of methoxy groups -OCH3 is 3. The molecule has 1 amide bonds. The topological polar surface area (TPSA) is 66.5 Å². The fourth-order valence-electron chi connectivity index (χ4n) is 3.13. The number of amides is 1. The molecule has 0 atom stereocenters. The van der Waals surface area contributed by atoms with Gasteiger partial charge in [-0.05, 0) is 47.9 Å². The van der Waals surface area contributed by atoms with Crippen molar-refractivity contribution in [2.45, 2.75) is 6.42 Å². The van der Waals surface area contributed by atoms with Gasteiger partial charge in [-0.1, -0.05) is 6.07 Å². The van der Waals surface area contributed by atoms with Crippen LogP contribution in [0.25, 0.3) is 6.08 Å². The Kier molecular flexibility index (Phi) is 7.06. The van der Waals surface area contributed by atoms with Crippen LogP contribution in [0.3, 0.4) is 0 Å². The van der Waals surface area contributed by atoms with Gasteiger partial charge in [0.05, 0.1) is 21.3 Å². The predicted octanol–water partition coefficient (Wildman–Crippen LogP) is 3.20. The van der Waals surface area contributed by atoms with E-state index >= 15 is 0 Å². The summed E-state index contributed by atoms with van der Waals surface area (Å²) in [6.45, 7) is 1.55. The van der Waals surface area contributed by atoms with Gasteiger partial charge in [0.15, 0.2) is 23.0 Å². The Labute approximate surface area is 176 Å². The number of carbonyl (C=O) groups is 1. The van der Waals surface area contributed by atoms with Gasteiger partial charge < -0.3 is 28.6 Å². The zero-order valence-electron chi connectivity index (χ0n) is 17.8. The number of likely N-dealkylation sites (N-methyl/N-ethyl adjacent to an activating group) is 1. The molecule has 1 heterocycles. The first kappa shape index (κ1) is 21.4. The normalized spacial score (nSPS) is 12.5. The molecule has 2 aromatic carbocycles. The summed E-state index contributed by atoms with van der Waals surface area (Å²) in [5, 5.41) is 0. The first-order valence-electron chi connectivity index (χ1n) is 9.67. The van der Waals surface area contributed by atoms with Crippen LogP contribution < -0.4 is 23.7 Å². The SMILES string of the molecule is COc1ccc(CCN(C)C(=O)/C=C/c2cc(OC)c3c(c2)OCCO3)cc1OC. The molecule has 0 N–H and O–H groups in total. The average Bonchev–Trinajstić information content (AvgIpc) is 2.79. The number of benzene rings is 2. The molecule has 160 valence electrons. The van der Waals surface area contributed by atoms with Gasteiger partial charge in [0.25, 0.3) is 0 Å². The van der Waals surface area contributed by atoms with E-state index in [0.29, 0.717) is 54.9 Å². The molecule has 0 saturated heterocycles. The molecule has 0 aromatic heterocycles. The minimum atomic E-state index is -0.0932. The third kappa shape index (κ3) is 4.97. The van der Waals surface area contributed by atoms with Gasteiger partial charge in [-0.2, -0.15) is 0 Å². The summed E-state index contributed by atoms with van der Waals surface area (Å²) in [7, 11) is 6.56. The molecular formula is C23H27NO6. The molecule has 0 unspecified atom stereocenters. The third-order valence-corrected chi connectivity index (χ3v) is 4.83. The van der Waals surface area contributed by atoms with Crippen molar-refractivity contribution in [3.8, 4) is 28.7 Å². The van der Waals surface area contributed by atoms with Crippen molar-refractivity contribution in [1.82, 2.24) is 4.90 Å². The Hall–Kier alpha value is -3.35. The van der Waals surface area contributed by atoms with Gasteiger partial charge >= 0.3 is 0 Å². The second kappa shape index (κ2) is 9.91. The standard InChI is InChI=1S/C23H27NO6/c1-24(10-9-16-5-7-18(26-2)19(13-16)27-3)22(25)8-6-17-14-20(28-4)23-21(15-17)29-11-12-30-23/h5-8,13-15H,9-12H2,1-4H3/b8-6+. The minimum Gasteiger partial charge on any atom is -0.493 e. The Morgan fingerprint density at radius 1 is 1.00 bits per heavy atom. The van der Waals surface area contributed by atoms with Crippen LogP contribution in [0.1, 0.15) is 11.1 Å². The molecule has 7 nitrogen and oxygen atoms in total. The summed E-state index contributed by atoms with van der Waals surface area (Å²) in [6, 6.07) is 9.42. The predicted molar refractivity (Wildman–Crippen MR) is 114 cm³/mol. The molecule has 1 aliphatic heterocycles. The van der Waals surface area contributed by atoms with E-state index in [1.807, 2.05) is 30.3 Å². The smallest absolute Gasteiger partial charge is 0.246 e. The van der Waals surface area contributed by atoms with Crippen molar-refractivity contribution in [2.75, 3.05) is 48.1 Å². The lowest BCUT2D eigenvalue weighted by molar-refractivity contribution is -0.124. The van der Waals surface area contributed by atoms with Crippen molar-refractivity contribution in [2.24, 2.45) is 0 Å². The Morgan fingerprint density at radius 3 is 2.47 bits per heavy atom. The highest BCUT2D eigenvalue weighted by molar-refractivity contribution is 5.91. The molecule has 0 aliphatic carbocycles. The summed E-state index contributed by atoms with van der Waals surface area (Å²) in [5.41, 5.74) is 1.87. The first-order valence-corrected chi connectivity index (χ1v) is 9.67. The van der Waals surface area contributed by atoms with Crippen LogP contribution in [0.2, 0.25) is 0 Å². The summed E-state index contributed by atoms with van der Waals surface area (Å²) in [6.07, 6.45) is 3.99. The van der Waals surface area contributed by atoms with E-state index in [9.17, 15) is 4.79 Å². The van der Waals surface area contributed by atoms with Crippen molar-refractivity contribution < 1.29 is 28.5 Å². The van der Waals surface area contributed by atoms with Crippen LogP contribution in [-0.2, 0) is 11.2 Å². The number of hydrogen-bond acceptors (Lipinski definition) is 6. The molecule has 0 spiro atoms. The Balaban J connectivity index is 1.62. The molecular weight excluding hydrogens is 386 g/mol. The molecule has 1 aliphatic rings. The van der Waals surface area contributed by atoms with Crippen LogP contribution in [0.15, 0.2) is 36.4 Å². The highest BCUT2D eigenvalue weighted by Gasteiger charge is 2.18. The van der Waals surface area contributed by atoms with E-state index in [0.717, 1.165) is 11.1 Å². The third-order valence-electron chi connectivity index (χ3n) is 4.83. The molecule has 3 rings (SSSR count). The van der Waals surface area contributed by atoms with Crippen molar-refractivity contribution >= 4 is 12.0 Å². The highest BCUT2D eigenvalue weighted by atomic mass is 16.6. The lowest BCUT2D eigenvalue weighted by Gasteiger charge is -2.21. The molecule has 2 aromatic rings. The molecule has 0 fully saturated rings. The van der Waals surface area contributed by atoms with Crippen LogP contribution >= 0.6 is 0 Å². The number of ether oxygens (including phenoxy) is 5. The van der Waals surface area contributed by atoms with Crippen molar-refractivity contribution in [3.05, 3.63) is 47.5 Å². The van der Waals surface area contributed by atoms with Gasteiger partial charge in [-0.15, -0.1) is 0 Å². The van der Waals surface area contributed by atoms with Crippen LogP contribution in [0, 0.1) is 0 Å². The number of rotatable bonds is 8. The molecule has 0 saturated carbocycles. The molecule has 7 heteroatoms. The quantitative estimate of drug-likeness (QED) is 0.619. The van der Waals surface area contributed by atoms with Gasteiger partial charge in [0, 0.05) is 19.7 Å². The van der Waals surface area contributed by atoms with Crippen molar-refractivity contribution in [3.63, 3.8) is 0 Å². The number of fused-ring (bicyclic) bond motifs is 1. The van der Waals surface area contributed by atoms with E-state index in [-0.39, 0.29) is 5.91 Å². The fourth-order valence-corrected chi connectivity index (χ4v) is 3.13.